The third-order valence-corrected chi connectivity index (χ3v) is 8.79. The number of nitrogens with zero attached hydrogens (tertiary/aromatic N) is 4. The summed E-state index contributed by atoms with van der Waals surface area (Å²) >= 11 is 1.48. The van der Waals surface area contributed by atoms with Gasteiger partial charge in [0, 0.05) is 55.6 Å². The Labute approximate surface area is 224 Å². The predicted octanol–water partition coefficient (Wildman–Crippen LogP) is 2.19. The second-order valence-corrected chi connectivity index (χ2v) is 11.0. The smallest absolute Gasteiger partial charge is 0.326 e. The van der Waals surface area contributed by atoms with Crippen molar-refractivity contribution in [3.05, 3.63) is 53.2 Å². The number of piperidine rings is 2. The lowest BCUT2D eigenvalue weighted by molar-refractivity contribution is -0.131. The van der Waals surface area contributed by atoms with Gasteiger partial charge in [0.15, 0.2) is 0 Å². The Morgan fingerprint density at radius 3 is 2.79 bits per heavy atom. The maximum atomic E-state index is 13.4. The van der Waals surface area contributed by atoms with Crippen molar-refractivity contribution in [3.63, 3.8) is 0 Å². The number of benzene rings is 1. The number of aromatic nitrogens is 2. The van der Waals surface area contributed by atoms with Crippen molar-refractivity contribution < 1.29 is 19.1 Å². The van der Waals surface area contributed by atoms with Crippen molar-refractivity contribution in [2.45, 2.75) is 43.6 Å². The topological polar surface area (TPSA) is 129 Å². The summed E-state index contributed by atoms with van der Waals surface area (Å²) < 4.78 is 5.74. The molecule has 1 aromatic heterocycles. The summed E-state index contributed by atoms with van der Waals surface area (Å²) in [5.41, 5.74) is 1.45. The Balaban J connectivity index is 1.20. The van der Waals surface area contributed by atoms with Gasteiger partial charge in [-0.15, -0.1) is 5.10 Å². The van der Waals surface area contributed by atoms with Crippen LogP contribution in [-0.4, -0.2) is 70.0 Å². The minimum atomic E-state index is -0.252. The molecule has 4 amide bonds. The molecule has 2 aromatic rings. The van der Waals surface area contributed by atoms with E-state index >= 15 is 0 Å². The minimum Gasteiger partial charge on any atom is -0.438 e. The van der Waals surface area contributed by atoms with Crippen molar-refractivity contribution >= 4 is 35.3 Å². The Kier molecular flexibility index (Phi) is 6.66. The highest BCUT2D eigenvalue weighted by Crippen LogP contribution is 2.48. The number of carbonyl (C=O) groups excluding carboxylic acids is 3. The van der Waals surface area contributed by atoms with Gasteiger partial charge in [0.1, 0.15) is 5.75 Å². The number of thioether (sulfide) groups is 1. The fraction of sp³-hybridized carbons (Fsp3) is 0.423. The number of rotatable bonds is 5. The first-order valence-electron chi connectivity index (χ1n) is 12.8. The number of carbonyl (C=O) groups is 3. The first-order chi connectivity index (χ1) is 18.5. The first kappa shape index (κ1) is 24.7. The van der Waals surface area contributed by atoms with Crippen LogP contribution in [0.1, 0.15) is 26.2 Å². The monoisotopic (exact) mass is 535 g/mol. The molecule has 0 spiro atoms. The van der Waals surface area contributed by atoms with Gasteiger partial charge in [0.05, 0.1) is 16.3 Å². The Bertz CT molecular complexity index is 1270. The molecule has 4 aliphatic heterocycles. The summed E-state index contributed by atoms with van der Waals surface area (Å²) in [7, 11) is 0. The number of ether oxygens (including phenoxy) is 1. The highest BCUT2D eigenvalue weighted by atomic mass is 32.2. The molecule has 12 heteroatoms. The number of likely N-dealkylation sites (tertiary alicyclic amines) is 1. The molecule has 198 valence electrons. The lowest BCUT2D eigenvalue weighted by atomic mass is 9.86. The third-order valence-electron chi connectivity index (χ3n) is 7.43. The van der Waals surface area contributed by atoms with E-state index in [9.17, 15) is 14.4 Å². The van der Waals surface area contributed by atoms with E-state index in [1.807, 2.05) is 12.1 Å². The summed E-state index contributed by atoms with van der Waals surface area (Å²) in [5, 5.41) is 17.4. The Hall–Kier alpha value is -3.64. The highest BCUT2D eigenvalue weighted by molar-refractivity contribution is 8.04. The second-order valence-electron chi connectivity index (χ2n) is 9.85. The summed E-state index contributed by atoms with van der Waals surface area (Å²) in [6, 6.07) is 10.4. The molecule has 3 N–H and O–H groups in total. The molecular formula is C26H29N7O4S. The number of hydrogen-bond acceptors (Lipinski definition) is 8. The fourth-order valence-corrected chi connectivity index (χ4v) is 7.09. The lowest BCUT2D eigenvalue weighted by Gasteiger charge is -2.45. The summed E-state index contributed by atoms with van der Waals surface area (Å²) in [5.74, 6) is 0.782. The average molecular weight is 536 g/mol. The molecule has 0 radical (unpaired) electrons. The van der Waals surface area contributed by atoms with Gasteiger partial charge < -0.3 is 25.6 Å². The molecule has 4 atom stereocenters. The van der Waals surface area contributed by atoms with E-state index in [2.05, 4.69) is 26.1 Å². The molecule has 11 nitrogen and oxygen atoms in total. The van der Waals surface area contributed by atoms with Crippen LogP contribution < -0.4 is 25.6 Å². The van der Waals surface area contributed by atoms with Gasteiger partial charge in [-0.3, -0.25) is 14.5 Å². The van der Waals surface area contributed by atoms with Crippen molar-refractivity contribution in [3.8, 4) is 11.6 Å². The second kappa shape index (κ2) is 10.3. The van der Waals surface area contributed by atoms with Crippen molar-refractivity contribution in [1.29, 1.82) is 0 Å². The zero-order valence-corrected chi connectivity index (χ0v) is 21.7. The maximum absolute atomic E-state index is 13.4. The minimum absolute atomic E-state index is 0.00747. The van der Waals surface area contributed by atoms with Gasteiger partial charge >= 0.3 is 6.03 Å². The van der Waals surface area contributed by atoms with Crippen LogP contribution in [0.15, 0.2) is 53.2 Å². The SMILES string of the molecule is CC(=O)N1CCC[C@@H](NC(=O)C2=C3NC(=O)N(c4ccc(Oc5cccnn5)cc4)C4CCNC(S2)C34)C1. The Morgan fingerprint density at radius 1 is 1.18 bits per heavy atom. The largest absolute Gasteiger partial charge is 0.438 e. The lowest BCUT2D eigenvalue weighted by Crippen LogP contribution is -2.62. The standard InChI is InChI=1S/C26H29N7O4S/c1-15(34)32-13-3-4-16(14-32)29-24(35)23-22-21-19(10-12-27-25(21)38-23)33(26(36)30-22)17-6-8-18(9-7-17)37-20-5-2-11-28-31-20/h2,5-9,11,16,19,21,25,27H,3-4,10,12-14H2,1H3,(H,29,35)(H,30,36)/t16-,19?,21?,25?/m1/s1. The highest BCUT2D eigenvalue weighted by Gasteiger charge is 2.51. The molecule has 4 aliphatic rings. The number of nitrogens with one attached hydrogen (secondary N) is 3. The maximum Gasteiger partial charge on any atom is 0.326 e. The van der Waals surface area contributed by atoms with E-state index in [-0.39, 0.29) is 41.2 Å². The number of urea groups is 1. The summed E-state index contributed by atoms with van der Waals surface area (Å²) in [6.45, 7) is 3.53. The Morgan fingerprint density at radius 2 is 2.03 bits per heavy atom. The molecule has 3 unspecified atom stereocenters. The van der Waals surface area contributed by atoms with Crippen LogP contribution >= 0.6 is 11.8 Å². The summed E-state index contributed by atoms with van der Waals surface area (Å²) in [4.78, 5) is 42.7. The summed E-state index contributed by atoms with van der Waals surface area (Å²) in [6.07, 6.45) is 4.02. The van der Waals surface area contributed by atoms with Crippen LogP contribution in [0.4, 0.5) is 10.5 Å². The molecule has 6 rings (SSSR count). The van der Waals surface area contributed by atoms with Crippen LogP contribution in [0, 0.1) is 5.92 Å². The molecule has 1 aromatic carbocycles. The number of anilines is 1. The zero-order chi connectivity index (χ0) is 26.2. The molecule has 5 heterocycles. The normalized spacial score (nSPS) is 26.5. The average Bonchev–Trinajstić information content (AvgIpc) is 3.30. The zero-order valence-electron chi connectivity index (χ0n) is 20.9. The van der Waals surface area contributed by atoms with E-state index in [0.29, 0.717) is 28.8 Å². The molecule has 38 heavy (non-hydrogen) atoms. The quantitative estimate of drug-likeness (QED) is 0.532. The van der Waals surface area contributed by atoms with Gasteiger partial charge in [-0.2, -0.15) is 5.10 Å². The van der Waals surface area contributed by atoms with Crippen LogP contribution in [0.3, 0.4) is 0 Å². The van der Waals surface area contributed by atoms with Crippen molar-refractivity contribution in [1.82, 2.24) is 31.0 Å². The third kappa shape index (κ3) is 4.69. The van der Waals surface area contributed by atoms with E-state index in [1.165, 1.54) is 11.8 Å². The van der Waals surface area contributed by atoms with Crippen LogP contribution in [-0.2, 0) is 9.59 Å². The van der Waals surface area contributed by atoms with Crippen LogP contribution in [0.5, 0.6) is 11.6 Å². The predicted molar refractivity (Wildman–Crippen MR) is 141 cm³/mol. The first-order valence-corrected chi connectivity index (χ1v) is 13.7. The van der Waals surface area contributed by atoms with Gasteiger partial charge in [0.2, 0.25) is 11.8 Å². The molecule has 0 saturated carbocycles. The van der Waals surface area contributed by atoms with Gasteiger partial charge in [-0.1, -0.05) is 11.8 Å². The van der Waals surface area contributed by atoms with E-state index in [4.69, 9.17) is 4.74 Å². The number of amides is 4. The number of hydrogen-bond donors (Lipinski definition) is 3. The molecule has 3 fully saturated rings. The van der Waals surface area contributed by atoms with Crippen LogP contribution in [0.25, 0.3) is 0 Å². The fourth-order valence-electron chi connectivity index (χ4n) is 5.69. The van der Waals surface area contributed by atoms with E-state index in [1.54, 1.807) is 47.2 Å². The van der Waals surface area contributed by atoms with E-state index < -0.39 is 0 Å². The molecule has 0 aliphatic carbocycles. The van der Waals surface area contributed by atoms with Gasteiger partial charge in [0.25, 0.3) is 5.91 Å². The molecular weight excluding hydrogens is 506 g/mol. The van der Waals surface area contributed by atoms with Crippen molar-refractivity contribution in [2.75, 3.05) is 24.5 Å². The van der Waals surface area contributed by atoms with Crippen LogP contribution in [0.2, 0.25) is 0 Å². The van der Waals surface area contributed by atoms with Gasteiger partial charge in [-0.25, -0.2) is 4.79 Å². The molecule has 0 bridgehead atoms. The van der Waals surface area contributed by atoms with Gasteiger partial charge in [-0.05, 0) is 56.1 Å². The van der Waals surface area contributed by atoms with Crippen molar-refractivity contribution in [2.24, 2.45) is 5.92 Å². The van der Waals surface area contributed by atoms with E-state index in [0.717, 1.165) is 38.0 Å². The molecule has 3 saturated heterocycles.